The number of rotatable bonds is 3. The van der Waals surface area contributed by atoms with Crippen LogP contribution in [0.4, 0.5) is 0 Å². The van der Waals surface area contributed by atoms with Gasteiger partial charge in [-0.15, -0.1) is 5.10 Å². The van der Waals surface area contributed by atoms with E-state index in [2.05, 4.69) is 10.2 Å². The van der Waals surface area contributed by atoms with Crippen molar-refractivity contribution in [3.8, 4) is 5.75 Å². The summed E-state index contributed by atoms with van der Waals surface area (Å²) >= 11 is 0. The molecule has 2 rings (SSSR count). The van der Waals surface area contributed by atoms with E-state index in [1.165, 1.54) is 12.3 Å². The molecule has 1 saturated carbocycles. The van der Waals surface area contributed by atoms with Crippen molar-refractivity contribution in [2.75, 3.05) is 0 Å². The van der Waals surface area contributed by atoms with E-state index in [9.17, 15) is 4.79 Å². The molecule has 5 heteroatoms. The lowest BCUT2D eigenvalue weighted by molar-refractivity contribution is 0.0683. The molecule has 0 atom stereocenters. The van der Waals surface area contributed by atoms with Crippen LogP contribution in [0.2, 0.25) is 0 Å². The molecule has 0 spiro atoms. The van der Waals surface area contributed by atoms with E-state index in [4.69, 9.17) is 9.84 Å². The molecular weight excluding hydrogens is 172 g/mol. The predicted molar refractivity (Wildman–Crippen MR) is 42.6 cm³/mol. The normalized spacial score (nSPS) is 15.4. The largest absolute Gasteiger partial charge is 0.488 e. The quantitative estimate of drug-likeness (QED) is 0.741. The lowest BCUT2D eigenvalue weighted by atomic mass is 10.3. The molecular formula is C8H8N2O3. The Bertz CT molecular complexity index is 336. The highest BCUT2D eigenvalue weighted by atomic mass is 16.5. The monoisotopic (exact) mass is 180 g/mol. The van der Waals surface area contributed by atoms with E-state index in [-0.39, 0.29) is 11.8 Å². The van der Waals surface area contributed by atoms with Gasteiger partial charge >= 0.3 is 5.97 Å². The Morgan fingerprint density at radius 1 is 1.62 bits per heavy atom. The van der Waals surface area contributed by atoms with E-state index < -0.39 is 5.97 Å². The van der Waals surface area contributed by atoms with Crippen LogP contribution in [-0.4, -0.2) is 27.4 Å². The van der Waals surface area contributed by atoms with Gasteiger partial charge in [-0.1, -0.05) is 0 Å². The van der Waals surface area contributed by atoms with E-state index >= 15 is 0 Å². The van der Waals surface area contributed by atoms with Crippen molar-refractivity contribution in [3.05, 3.63) is 18.0 Å². The van der Waals surface area contributed by atoms with Crippen molar-refractivity contribution >= 4 is 5.97 Å². The first-order valence-corrected chi connectivity index (χ1v) is 3.99. The maximum absolute atomic E-state index is 10.6. The Balaban J connectivity index is 2.25. The fraction of sp³-hybridized carbons (Fsp3) is 0.375. The van der Waals surface area contributed by atoms with Crippen LogP contribution < -0.4 is 4.74 Å². The molecule has 1 N–H and O–H groups in total. The molecule has 1 aromatic heterocycles. The van der Waals surface area contributed by atoms with Gasteiger partial charge in [0.05, 0.1) is 12.3 Å². The van der Waals surface area contributed by atoms with Crippen molar-refractivity contribution in [2.24, 2.45) is 0 Å². The van der Waals surface area contributed by atoms with E-state index in [1.54, 1.807) is 0 Å². The lowest BCUT2D eigenvalue weighted by Crippen LogP contribution is -2.07. The number of hydrogen-bond donors (Lipinski definition) is 1. The van der Waals surface area contributed by atoms with Gasteiger partial charge in [0.15, 0.2) is 5.75 Å². The van der Waals surface area contributed by atoms with Gasteiger partial charge in [-0.05, 0) is 12.8 Å². The summed E-state index contributed by atoms with van der Waals surface area (Å²) in [6.45, 7) is 0. The van der Waals surface area contributed by atoms with Gasteiger partial charge in [-0.3, -0.25) is 0 Å². The second kappa shape index (κ2) is 3.01. The third-order valence-corrected chi connectivity index (χ3v) is 1.70. The van der Waals surface area contributed by atoms with Crippen LogP contribution in [-0.2, 0) is 0 Å². The van der Waals surface area contributed by atoms with Gasteiger partial charge in [0.2, 0.25) is 5.69 Å². The molecule has 0 unspecified atom stereocenters. The Kier molecular flexibility index (Phi) is 1.84. The zero-order valence-electron chi connectivity index (χ0n) is 6.80. The molecule has 0 aliphatic heterocycles. The molecule has 1 aliphatic carbocycles. The Morgan fingerprint density at radius 3 is 3.00 bits per heavy atom. The average Bonchev–Trinajstić information content (AvgIpc) is 2.89. The SMILES string of the molecule is O=C(O)c1nnccc1OC1CC1. The minimum atomic E-state index is -1.11. The van der Waals surface area contributed by atoms with Crippen LogP contribution >= 0.6 is 0 Å². The van der Waals surface area contributed by atoms with Crippen molar-refractivity contribution in [2.45, 2.75) is 18.9 Å². The predicted octanol–water partition coefficient (Wildman–Crippen LogP) is 0.716. The van der Waals surface area contributed by atoms with Crippen molar-refractivity contribution in [1.29, 1.82) is 0 Å². The molecule has 1 heterocycles. The van der Waals surface area contributed by atoms with Crippen LogP contribution in [0.25, 0.3) is 0 Å². The third-order valence-electron chi connectivity index (χ3n) is 1.70. The van der Waals surface area contributed by atoms with Gasteiger partial charge in [0.1, 0.15) is 0 Å². The van der Waals surface area contributed by atoms with Crippen molar-refractivity contribution in [1.82, 2.24) is 10.2 Å². The Labute approximate surface area is 74.4 Å². The molecule has 0 radical (unpaired) electrons. The summed E-state index contributed by atoms with van der Waals surface area (Å²) in [5.41, 5.74) is -0.116. The van der Waals surface area contributed by atoms with Crippen LogP contribution in [0.1, 0.15) is 23.3 Å². The number of nitrogens with zero attached hydrogens (tertiary/aromatic N) is 2. The van der Waals surface area contributed by atoms with Crippen molar-refractivity contribution in [3.63, 3.8) is 0 Å². The summed E-state index contributed by atoms with van der Waals surface area (Å²) in [6, 6.07) is 1.52. The summed E-state index contributed by atoms with van der Waals surface area (Å²) in [5, 5.41) is 15.7. The van der Waals surface area contributed by atoms with Crippen LogP contribution in [0, 0.1) is 0 Å². The van der Waals surface area contributed by atoms with Gasteiger partial charge in [0, 0.05) is 6.07 Å². The minimum Gasteiger partial charge on any atom is -0.488 e. The van der Waals surface area contributed by atoms with Gasteiger partial charge in [-0.25, -0.2) is 4.79 Å². The molecule has 0 saturated heterocycles. The number of carboxylic acids is 1. The smallest absolute Gasteiger partial charge is 0.360 e. The third kappa shape index (κ3) is 1.74. The number of ether oxygens (including phenoxy) is 1. The van der Waals surface area contributed by atoms with Gasteiger partial charge < -0.3 is 9.84 Å². The van der Waals surface area contributed by atoms with Crippen LogP contribution in [0.3, 0.4) is 0 Å². The highest BCUT2D eigenvalue weighted by Gasteiger charge is 2.26. The second-order valence-corrected chi connectivity index (χ2v) is 2.87. The maximum Gasteiger partial charge on any atom is 0.360 e. The molecule has 1 fully saturated rings. The molecule has 0 bridgehead atoms. The lowest BCUT2D eigenvalue weighted by Gasteiger charge is -2.04. The fourth-order valence-electron chi connectivity index (χ4n) is 0.929. The number of aromatic nitrogens is 2. The zero-order valence-corrected chi connectivity index (χ0v) is 6.80. The van der Waals surface area contributed by atoms with E-state index in [1.807, 2.05) is 0 Å². The summed E-state index contributed by atoms with van der Waals surface area (Å²) in [7, 11) is 0. The number of aromatic carboxylic acids is 1. The standard InChI is InChI=1S/C8H8N2O3/c11-8(12)7-6(3-4-9-10-7)13-5-1-2-5/h3-5H,1-2H2,(H,11,12). The molecule has 0 amide bonds. The molecule has 1 aromatic rings. The van der Waals surface area contributed by atoms with E-state index in [0.717, 1.165) is 12.8 Å². The highest BCUT2D eigenvalue weighted by molar-refractivity contribution is 5.88. The summed E-state index contributed by atoms with van der Waals surface area (Å²) in [6.07, 6.45) is 3.56. The average molecular weight is 180 g/mol. The topological polar surface area (TPSA) is 72.3 Å². The van der Waals surface area contributed by atoms with E-state index in [0.29, 0.717) is 5.75 Å². The fourth-order valence-corrected chi connectivity index (χ4v) is 0.929. The van der Waals surface area contributed by atoms with Gasteiger partial charge in [0.25, 0.3) is 0 Å². The Morgan fingerprint density at radius 2 is 2.38 bits per heavy atom. The highest BCUT2D eigenvalue weighted by Crippen LogP contribution is 2.27. The first-order chi connectivity index (χ1) is 6.27. The maximum atomic E-state index is 10.6. The molecule has 0 aromatic carbocycles. The summed E-state index contributed by atoms with van der Waals surface area (Å²) < 4.78 is 5.33. The van der Waals surface area contributed by atoms with Crippen LogP contribution in [0.5, 0.6) is 5.75 Å². The molecule has 5 nitrogen and oxygen atoms in total. The zero-order chi connectivity index (χ0) is 9.26. The Hall–Kier alpha value is -1.65. The summed E-state index contributed by atoms with van der Waals surface area (Å²) in [5.74, 6) is -0.797. The van der Waals surface area contributed by atoms with Gasteiger partial charge in [-0.2, -0.15) is 5.10 Å². The number of carbonyl (C=O) groups is 1. The summed E-state index contributed by atoms with van der Waals surface area (Å²) in [4.78, 5) is 10.6. The van der Waals surface area contributed by atoms with Crippen molar-refractivity contribution < 1.29 is 14.6 Å². The number of hydrogen-bond acceptors (Lipinski definition) is 4. The molecule has 13 heavy (non-hydrogen) atoms. The second-order valence-electron chi connectivity index (χ2n) is 2.87. The first-order valence-electron chi connectivity index (χ1n) is 3.99. The van der Waals surface area contributed by atoms with Crippen LogP contribution in [0.15, 0.2) is 12.3 Å². The minimum absolute atomic E-state index is 0.116. The first kappa shape index (κ1) is 7.97. The number of carboxylic acid groups (broad SMARTS) is 1. The molecule has 1 aliphatic rings. The molecule has 68 valence electrons.